The molecule has 0 fully saturated rings. The van der Waals surface area contributed by atoms with Crippen LogP contribution < -0.4 is 0 Å². The highest BCUT2D eigenvalue weighted by molar-refractivity contribution is 5.69. The van der Waals surface area contributed by atoms with Gasteiger partial charge in [-0.25, -0.2) is 0 Å². The van der Waals surface area contributed by atoms with Crippen molar-refractivity contribution in [3.8, 4) is 0 Å². The van der Waals surface area contributed by atoms with Crippen molar-refractivity contribution in [1.29, 1.82) is 0 Å². The quantitative estimate of drug-likeness (QED) is 0.0376. The highest BCUT2D eigenvalue weighted by atomic mass is 16.6. The van der Waals surface area contributed by atoms with Crippen LogP contribution in [0.1, 0.15) is 271 Å². The summed E-state index contributed by atoms with van der Waals surface area (Å²) in [6.07, 6.45) is 73.3. The molecule has 0 spiro atoms. The van der Waals surface area contributed by atoms with E-state index in [4.69, 9.17) is 9.47 Å². The highest BCUT2D eigenvalue weighted by Gasteiger charge is 2.13. The molecule has 0 aromatic rings. The summed E-state index contributed by atoms with van der Waals surface area (Å²) in [5, 5.41) is 9.67. The first-order valence-corrected chi connectivity index (χ1v) is 26.9. The van der Waals surface area contributed by atoms with Gasteiger partial charge in [0.15, 0.2) is 0 Å². The van der Waals surface area contributed by atoms with E-state index in [1.54, 1.807) is 0 Å². The maximum Gasteiger partial charge on any atom is 0.306 e. The summed E-state index contributed by atoms with van der Waals surface area (Å²) in [6.45, 7) is 5.26. The van der Waals surface area contributed by atoms with Crippen LogP contribution in [0, 0.1) is 0 Å². The van der Waals surface area contributed by atoms with Crippen molar-refractivity contribution in [2.24, 2.45) is 0 Å². The van der Waals surface area contributed by atoms with E-state index in [1.165, 1.54) is 205 Å². The van der Waals surface area contributed by atoms with Gasteiger partial charge < -0.3 is 14.6 Å². The zero-order valence-corrected chi connectivity index (χ0v) is 40.9. The fourth-order valence-corrected chi connectivity index (χ4v) is 7.85. The highest BCUT2D eigenvalue weighted by Crippen LogP contribution is 2.16. The van der Waals surface area contributed by atoms with E-state index >= 15 is 0 Å². The molecule has 0 radical (unpaired) electrons. The Hall–Kier alpha value is -1.91. The van der Waals surface area contributed by atoms with Gasteiger partial charge in [-0.3, -0.25) is 4.79 Å². The molecule has 0 heterocycles. The molecule has 0 aliphatic rings. The zero-order chi connectivity index (χ0) is 44.0. The van der Waals surface area contributed by atoms with Crippen LogP contribution in [-0.4, -0.2) is 37.0 Å². The third-order valence-electron chi connectivity index (χ3n) is 11.8. The van der Waals surface area contributed by atoms with E-state index in [0.717, 1.165) is 44.9 Å². The van der Waals surface area contributed by atoms with Crippen molar-refractivity contribution in [2.45, 2.75) is 277 Å². The Labute approximate surface area is 381 Å². The van der Waals surface area contributed by atoms with Gasteiger partial charge in [0.25, 0.3) is 0 Å². The molecular weight excluding hydrogens is 749 g/mol. The van der Waals surface area contributed by atoms with Gasteiger partial charge in [-0.15, -0.1) is 0 Å². The molecule has 0 aromatic carbocycles. The average Bonchev–Trinajstić information content (AvgIpc) is 3.27. The number of carbonyl (C=O) groups excluding carboxylic acids is 1. The van der Waals surface area contributed by atoms with Crippen LogP contribution >= 0.6 is 0 Å². The van der Waals surface area contributed by atoms with Gasteiger partial charge in [-0.05, 0) is 77.0 Å². The number of aliphatic hydroxyl groups excluding tert-OH is 1. The Bertz CT molecular complexity index is 993. The van der Waals surface area contributed by atoms with Crippen LogP contribution in [0.5, 0.6) is 0 Å². The monoisotopic (exact) mass is 853 g/mol. The predicted molar refractivity (Wildman–Crippen MR) is 270 cm³/mol. The maximum atomic E-state index is 12.3. The molecule has 0 bridgehead atoms. The number of hydrogen-bond acceptors (Lipinski definition) is 4. The molecule has 61 heavy (non-hydrogen) atoms. The number of aliphatic hydroxyl groups is 1. The Kier molecular flexibility index (Phi) is 52.5. The minimum absolute atomic E-state index is 0.173. The van der Waals surface area contributed by atoms with Crippen molar-refractivity contribution in [3.63, 3.8) is 0 Å². The van der Waals surface area contributed by atoms with E-state index in [9.17, 15) is 9.90 Å². The average molecular weight is 853 g/mol. The lowest BCUT2D eigenvalue weighted by atomic mass is 10.0. The van der Waals surface area contributed by atoms with Gasteiger partial charge in [0.05, 0.1) is 13.2 Å². The van der Waals surface area contributed by atoms with Gasteiger partial charge in [0.1, 0.15) is 6.10 Å². The summed E-state index contributed by atoms with van der Waals surface area (Å²) in [6, 6.07) is 0. The minimum Gasteiger partial charge on any atom is -0.457 e. The second-order valence-corrected chi connectivity index (χ2v) is 17.9. The fraction of sp³-hybridized carbons (Fsp3) is 0.807. The molecule has 0 aliphatic heterocycles. The minimum atomic E-state index is -0.538. The van der Waals surface area contributed by atoms with Gasteiger partial charge >= 0.3 is 5.97 Å². The summed E-state index contributed by atoms with van der Waals surface area (Å²) >= 11 is 0. The first-order chi connectivity index (χ1) is 30.2. The number of hydrogen-bond donors (Lipinski definition) is 1. The summed E-state index contributed by atoms with van der Waals surface area (Å²) in [7, 11) is 0. The maximum absolute atomic E-state index is 12.3. The van der Waals surface area contributed by atoms with Crippen LogP contribution in [0.15, 0.2) is 60.8 Å². The van der Waals surface area contributed by atoms with Gasteiger partial charge in [-0.1, -0.05) is 248 Å². The normalized spacial score (nSPS) is 12.8. The van der Waals surface area contributed by atoms with E-state index < -0.39 is 6.10 Å². The molecule has 1 atom stereocenters. The summed E-state index contributed by atoms with van der Waals surface area (Å²) in [5.41, 5.74) is 0. The first-order valence-electron chi connectivity index (χ1n) is 26.9. The van der Waals surface area contributed by atoms with Crippen LogP contribution in [0.3, 0.4) is 0 Å². The third kappa shape index (κ3) is 52.3. The van der Waals surface area contributed by atoms with Crippen molar-refractivity contribution in [3.05, 3.63) is 60.8 Å². The molecule has 0 aliphatic carbocycles. The molecule has 0 saturated carbocycles. The number of esters is 1. The lowest BCUT2D eigenvalue weighted by Gasteiger charge is -2.16. The first kappa shape index (κ1) is 59.1. The number of carbonyl (C=O) groups is 1. The molecular formula is C57H104O4. The van der Waals surface area contributed by atoms with Crippen LogP contribution in [0.25, 0.3) is 0 Å². The van der Waals surface area contributed by atoms with Gasteiger partial charge in [0.2, 0.25) is 0 Å². The molecule has 4 nitrogen and oxygen atoms in total. The summed E-state index contributed by atoms with van der Waals surface area (Å²) < 4.78 is 11.2. The lowest BCUT2D eigenvalue weighted by molar-refractivity contribution is -0.154. The van der Waals surface area contributed by atoms with Crippen molar-refractivity contribution < 1.29 is 19.4 Å². The molecule has 1 unspecified atom stereocenters. The van der Waals surface area contributed by atoms with Crippen LogP contribution in [-0.2, 0) is 14.3 Å². The van der Waals surface area contributed by atoms with Crippen molar-refractivity contribution >= 4 is 5.97 Å². The largest absolute Gasteiger partial charge is 0.457 e. The molecule has 1 N–H and O–H groups in total. The zero-order valence-electron chi connectivity index (χ0n) is 40.9. The Balaban J connectivity index is 3.39. The second-order valence-electron chi connectivity index (χ2n) is 17.9. The number of ether oxygens (including phenoxy) is 2. The molecule has 0 amide bonds. The van der Waals surface area contributed by atoms with E-state index in [2.05, 4.69) is 74.6 Å². The molecule has 0 saturated heterocycles. The number of rotatable bonds is 50. The van der Waals surface area contributed by atoms with Gasteiger partial charge in [-0.2, -0.15) is 0 Å². The topological polar surface area (TPSA) is 55.8 Å². The van der Waals surface area contributed by atoms with Gasteiger partial charge in [0, 0.05) is 13.0 Å². The van der Waals surface area contributed by atoms with Crippen molar-refractivity contribution in [1.82, 2.24) is 0 Å². The molecule has 0 rings (SSSR count). The fourth-order valence-electron chi connectivity index (χ4n) is 7.85. The standard InChI is InChI=1S/C57H104O4/c1-3-5-7-9-11-13-15-17-19-21-23-25-27-29-30-32-34-36-38-40-42-44-46-48-50-52-57(59)61-56(54-58)55-60-53-51-49-47-45-43-41-39-37-35-33-31-28-26-24-22-20-18-16-14-12-10-8-6-4-2/h6,8,12,14,18,20-21,23-24,26,56,58H,3-5,7,9-11,13,15-17,19,22,25,27-55H2,1-2H3/b8-6-,14-12-,20-18-,23-21-,26-24-. The molecule has 0 aromatic heterocycles. The summed E-state index contributed by atoms with van der Waals surface area (Å²) in [5.74, 6) is -0.199. The van der Waals surface area contributed by atoms with E-state index in [-0.39, 0.29) is 12.6 Å². The molecule has 356 valence electrons. The summed E-state index contributed by atoms with van der Waals surface area (Å²) in [4.78, 5) is 12.3. The van der Waals surface area contributed by atoms with Crippen LogP contribution in [0.4, 0.5) is 0 Å². The van der Waals surface area contributed by atoms with Crippen LogP contribution in [0.2, 0.25) is 0 Å². The number of unbranched alkanes of at least 4 members (excludes halogenated alkanes) is 32. The smallest absolute Gasteiger partial charge is 0.306 e. The van der Waals surface area contributed by atoms with Crippen molar-refractivity contribution in [2.75, 3.05) is 19.8 Å². The Morgan fingerprint density at radius 3 is 1.13 bits per heavy atom. The van der Waals surface area contributed by atoms with E-state index in [0.29, 0.717) is 19.6 Å². The molecule has 4 heteroatoms. The lowest BCUT2D eigenvalue weighted by Crippen LogP contribution is -2.27. The Morgan fingerprint density at radius 1 is 0.410 bits per heavy atom. The SMILES string of the molecule is CC/C=C\C/C=C\C/C=C\C/C=C\CCCCCCCCCCCCCOCC(CO)OC(=O)CCCCCCCCCCCCCCC/C=C\CCCCCCCCCC. The Morgan fingerprint density at radius 2 is 0.738 bits per heavy atom. The third-order valence-corrected chi connectivity index (χ3v) is 11.8. The van der Waals surface area contributed by atoms with E-state index in [1.807, 2.05) is 0 Å². The predicted octanol–water partition coefficient (Wildman–Crippen LogP) is 18.3. The number of allylic oxidation sites excluding steroid dienone is 10. The second kappa shape index (κ2) is 54.2.